The molecule has 1 fully saturated rings. The number of carbonyl (C=O) groups is 2. The molecule has 1 unspecified atom stereocenters. The maximum atomic E-state index is 13.9. The van der Waals surface area contributed by atoms with Crippen molar-refractivity contribution in [3.05, 3.63) is 66.0 Å². The molecule has 2 N–H and O–H groups in total. The molecular weight excluding hydrogens is 445 g/mol. The summed E-state index contributed by atoms with van der Waals surface area (Å²) in [7, 11) is -4.17. The molecule has 0 bridgehead atoms. The Morgan fingerprint density at radius 2 is 1.67 bits per heavy atom. The third-order valence-corrected chi connectivity index (χ3v) is 7.49. The number of nitrogens with one attached hydrogen (secondary N) is 2. The SMILES string of the molecule is CCC(C(=O)N1CCC(NC(=O)[C@H](C)NS(=O)(=O)c2ccccc2F)CC1)c1ccccc1. The van der Waals surface area contributed by atoms with E-state index in [9.17, 15) is 22.4 Å². The predicted molar refractivity (Wildman–Crippen MR) is 123 cm³/mol. The predicted octanol–water partition coefficient (Wildman–Crippen LogP) is 2.79. The van der Waals surface area contributed by atoms with Gasteiger partial charge in [-0.05, 0) is 43.9 Å². The highest BCUT2D eigenvalue weighted by molar-refractivity contribution is 7.89. The van der Waals surface area contributed by atoms with Gasteiger partial charge in [-0.3, -0.25) is 9.59 Å². The number of likely N-dealkylation sites (tertiary alicyclic amines) is 1. The van der Waals surface area contributed by atoms with Crippen LogP contribution in [0.3, 0.4) is 0 Å². The summed E-state index contributed by atoms with van der Waals surface area (Å²) in [5.41, 5.74) is 0.997. The van der Waals surface area contributed by atoms with Crippen LogP contribution in [0.25, 0.3) is 0 Å². The number of hydrogen-bond acceptors (Lipinski definition) is 4. The first kappa shape index (κ1) is 24.9. The van der Waals surface area contributed by atoms with Crippen molar-refractivity contribution in [1.82, 2.24) is 14.9 Å². The zero-order chi connectivity index (χ0) is 24.0. The van der Waals surface area contributed by atoms with Crippen molar-refractivity contribution in [2.45, 2.75) is 56.0 Å². The monoisotopic (exact) mass is 475 g/mol. The van der Waals surface area contributed by atoms with Gasteiger partial charge in [-0.15, -0.1) is 0 Å². The Balaban J connectivity index is 1.52. The van der Waals surface area contributed by atoms with Crippen LogP contribution < -0.4 is 10.0 Å². The molecule has 0 saturated carbocycles. The van der Waals surface area contributed by atoms with Crippen molar-refractivity contribution in [2.75, 3.05) is 13.1 Å². The highest BCUT2D eigenvalue weighted by Crippen LogP contribution is 2.24. The van der Waals surface area contributed by atoms with Crippen LogP contribution in [0.4, 0.5) is 4.39 Å². The van der Waals surface area contributed by atoms with Gasteiger partial charge in [0.1, 0.15) is 10.7 Å². The Hall–Kier alpha value is -2.78. The Labute approximate surface area is 194 Å². The molecule has 7 nitrogen and oxygen atoms in total. The third kappa shape index (κ3) is 6.17. The molecule has 2 aromatic rings. The van der Waals surface area contributed by atoms with Crippen LogP contribution in [0.15, 0.2) is 59.5 Å². The lowest BCUT2D eigenvalue weighted by molar-refractivity contribution is -0.134. The Morgan fingerprint density at radius 1 is 1.06 bits per heavy atom. The van der Waals surface area contributed by atoms with Crippen molar-refractivity contribution < 1.29 is 22.4 Å². The summed E-state index contributed by atoms with van der Waals surface area (Å²) in [4.78, 5) is 26.9. The first-order valence-electron chi connectivity index (χ1n) is 11.1. The van der Waals surface area contributed by atoms with E-state index in [2.05, 4.69) is 10.0 Å². The Morgan fingerprint density at radius 3 is 2.27 bits per heavy atom. The van der Waals surface area contributed by atoms with Gasteiger partial charge in [-0.2, -0.15) is 4.72 Å². The number of sulfonamides is 1. The molecule has 178 valence electrons. The minimum atomic E-state index is -4.17. The van der Waals surface area contributed by atoms with Gasteiger partial charge in [0, 0.05) is 19.1 Å². The van der Waals surface area contributed by atoms with Crippen molar-refractivity contribution in [3.8, 4) is 0 Å². The van der Waals surface area contributed by atoms with E-state index >= 15 is 0 Å². The summed E-state index contributed by atoms with van der Waals surface area (Å²) in [6.45, 7) is 4.44. The van der Waals surface area contributed by atoms with E-state index in [-0.39, 0.29) is 17.9 Å². The number of amides is 2. The number of nitrogens with zero attached hydrogens (tertiary/aromatic N) is 1. The van der Waals surface area contributed by atoms with Gasteiger partial charge in [0.25, 0.3) is 0 Å². The quantitative estimate of drug-likeness (QED) is 0.614. The molecule has 1 aliphatic heterocycles. The number of hydrogen-bond donors (Lipinski definition) is 2. The van der Waals surface area contributed by atoms with Crippen LogP contribution in [0.1, 0.15) is 44.6 Å². The van der Waals surface area contributed by atoms with Crippen molar-refractivity contribution in [2.24, 2.45) is 0 Å². The number of carbonyl (C=O) groups excluding carboxylic acids is 2. The lowest BCUT2D eigenvalue weighted by Gasteiger charge is -2.35. The molecule has 9 heteroatoms. The molecule has 33 heavy (non-hydrogen) atoms. The second-order valence-electron chi connectivity index (χ2n) is 8.25. The first-order chi connectivity index (χ1) is 15.7. The van der Waals surface area contributed by atoms with Gasteiger partial charge < -0.3 is 10.2 Å². The largest absolute Gasteiger partial charge is 0.352 e. The minimum Gasteiger partial charge on any atom is -0.352 e. The van der Waals surface area contributed by atoms with E-state index in [1.165, 1.54) is 19.1 Å². The van der Waals surface area contributed by atoms with E-state index in [1.807, 2.05) is 42.2 Å². The van der Waals surface area contributed by atoms with Crippen molar-refractivity contribution >= 4 is 21.8 Å². The standard InChI is InChI=1S/C24H30FN3O4S/c1-3-20(18-9-5-4-6-10-18)24(30)28-15-13-19(14-16-28)26-23(29)17(2)27-33(31,32)22-12-8-7-11-21(22)25/h4-12,17,19-20,27H,3,13-16H2,1-2H3,(H,26,29)/t17-,20?/m0/s1. The van der Waals surface area contributed by atoms with Gasteiger partial charge in [0.15, 0.2) is 0 Å². The van der Waals surface area contributed by atoms with Gasteiger partial charge >= 0.3 is 0 Å². The van der Waals surface area contributed by atoms with Crippen molar-refractivity contribution in [3.63, 3.8) is 0 Å². The van der Waals surface area contributed by atoms with Gasteiger partial charge in [0.2, 0.25) is 21.8 Å². The fraction of sp³-hybridized carbons (Fsp3) is 0.417. The topological polar surface area (TPSA) is 95.6 Å². The molecule has 0 spiro atoms. The van der Waals surface area contributed by atoms with E-state index in [4.69, 9.17) is 0 Å². The van der Waals surface area contributed by atoms with Crippen LogP contribution in [-0.4, -0.2) is 50.3 Å². The highest BCUT2D eigenvalue weighted by Gasteiger charge is 2.30. The molecule has 1 saturated heterocycles. The average molecular weight is 476 g/mol. The summed E-state index contributed by atoms with van der Waals surface area (Å²) >= 11 is 0. The molecular formula is C24H30FN3O4S. The van der Waals surface area contributed by atoms with E-state index < -0.39 is 32.7 Å². The highest BCUT2D eigenvalue weighted by atomic mass is 32.2. The Kier molecular flexibility index (Phi) is 8.20. The maximum absolute atomic E-state index is 13.9. The molecule has 2 aromatic carbocycles. The molecule has 1 aliphatic rings. The second kappa shape index (κ2) is 10.9. The Bertz CT molecular complexity index is 1070. The molecule has 0 aromatic heterocycles. The number of piperidine rings is 1. The fourth-order valence-corrected chi connectivity index (χ4v) is 5.32. The molecule has 3 rings (SSSR count). The summed E-state index contributed by atoms with van der Waals surface area (Å²) in [5, 5.41) is 2.84. The summed E-state index contributed by atoms with van der Waals surface area (Å²) in [6, 6.07) is 13.5. The fourth-order valence-electron chi connectivity index (χ4n) is 4.04. The number of benzene rings is 2. The summed E-state index contributed by atoms with van der Waals surface area (Å²) in [5.74, 6) is -1.48. The maximum Gasteiger partial charge on any atom is 0.244 e. The zero-order valence-electron chi connectivity index (χ0n) is 18.8. The van der Waals surface area contributed by atoms with Crippen LogP contribution in [0, 0.1) is 5.82 Å². The molecule has 1 heterocycles. The molecule has 2 amide bonds. The van der Waals surface area contributed by atoms with E-state index in [0.29, 0.717) is 32.4 Å². The van der Waals surface area contributed by atoms with Gasteiger partial charge in [-0.1, -0.05) is 49.4 Å². The van der Waals surface area contributed by atoms with Crippen LogP contribution in [0.2, 0.25) is 0 Å². The zero-order valence-corrected chi connectivity index (χ0v) is 19.6. The lowest BCUT2D eigenvalue weighted by atomic mass is 9.93. The van der Waals surface area contributed by atoms with Gasteiger partial charge in [-0.25, -0.2) is 12.8 Å². The third-order valence-electron chi connectivity index (χ3n) is 5.91. The number of rotatable bonds is 8. The first-order valence-corrected chi connectivity index (χ1v) is 12.6. The van der Waals surface area contributed by atoms with E-state index in [0.717, 1.165) is 17.7 Å². The summed E-state index contributed by atoms with van der Waals surface area (Å²) in [6.07, 6.45) is 1.87. The smallest absolute Gasteiger partial charge is 0.244 e. The van der Waals surface area contributed by atoms with Crippen LogP contribution >= 0.6 is 0 Å². The molecule has 0 aliphatic carbocycles. The minimum absolute atomic E-state index is 0.0829. The normalized spacial score (nSPS) is 16.8. The summed E-state index contributed by atoms with van der Waals surface area (Å²) < 4.78 is 40.9. The van der Waals surface area contributed by atoms with Crippen molar-refractivity contribution in [1.29, 1.82) is 0 Å². The second-order valence-corrected chi connectivity index (χ2v) is 9.94. The van der Waals surface area contributed by atoms with E-state index in [1.54, 1.807) is 0 Å². The number of halogens is 1. The molecule has 2 atom stereocenters. The van der Waals surface area contributed by atoms with Crippen LogP contribution in [-0.2, 0) is 19.6 Å². The lowest BCUT2D eigenvalue weighted by Crippen LogP contribution is -2.52. The average Bonchev–Trinajstić information content (AvgIpc) is 2.80. The molecule has 0 radical (unpaired) electrons. The van der Waals surface area contributed by atoms with Crippen LogP contribution in [0.5, 0.6) is 0 Å². The van der Waals surface area contributed by atoms with Gasteiger partial charge in [0.05, 0.1) is 12.0 Å².